The number of hydrogen-bond donors (Lipinski definition) is 2. The number of nitrogens with zero attached hydrogens (tertiary/aromatic N) is 1. The molecule has 1 heterocycles. The maximum absolute atomic E-state index is 12.4. The molecule has 2 amide bonds. The normalized spacial score (nSPS) is 10.5. The first-order valence-corrected chi connectivity index (χ1v) is 10.8. The van der Waals surface area contributed by atoms with Gasteiger partial charge in [0, 0.05) is 29.2 Å². The number of urea groups is 1. The minimum absolute atomic E-state index is 0.238. The summed E-state index contributed by atoms with van der Waals surface area (Å²) < 4.78 is 10.5. The minimum atomic E-state index is -0.489. The highest BCUT2D eigenvalue weighted by atomic mass is 16.6. The number of methoxy groups -OCH3 is 1. The van der Waals surface area contributed by atoms with E-state index < -0.39 is 5.97 Å². The van der Waals surface area contributed by atoms with Crippen LogP contribution in [-0.2, 0) is 16.1 Å². The number of anilines is 1. The van der Waals surface area contributed by atoms with E-state index in [-0.39, 0.29) is 12.6 Å². The number of fused-ring (bicyclic) bond motifs is 1. The Hall–Kier alpha value is -4.39. The molecular weight excluding hydrogens is 430 g/mol. The van der Waals surface area contributed by atoms with Crippen LogP contribution in [0.15, 0.2) is 78.9 Å². The van der Waals surface area contributed by atoms with Gasteiger partial charge in [0.1, 0.15) is 5.75 Å². The maximum Gasteiger partial charge on any atom is 0.343 e. The fraction of sp³-hybridized carbons (Fsp3) is 0.148. The summed E-state index contributed by atoms with van der Waals surface area (Å²) in [4.78, 5) is 28.8. The fourth-order valence-electron chi connectivity index (χ4n) is 3.41. The van der Waals surface area contributed by atoms with Crippen LogP contribution in [0.3, 0.4) is 0 Å². The largest absolute Gasteiger partial charge is 0.481 e. The topological polar surface area (TPSA) is 89.6 Å². The summed E-state index contributed by atoms with van der Waals surface area (Å²) in [5.74, 6) is -0.0178. The summed E-state index contributed by atoms with van der Waals surface area (Å²) in [5, 5.41) is 6.34. The van der Waals surface area contributed by atoms with Gasteiger partial charge in [-0.15, -0.1) is 0 Å². The molecule has 4 aromatic rings. The van der Waals surface area contributed by atoms with Crippen molar-refractivity contribution in [3.05, 3.63) is 90.0 Å². The number of carbonyl (C=O) groups is 2. The molecule has 0 atom stereocenters. The first-order valence-electron chi connectivity index (χ1n) is 10.8. The van der Waals surface area contributed by atoms with Crippen molar-refractivity contribution in [2.24, 2.45) is 0 Å². The van der Waals surface area contributed by atoms with E-state index in [2.05, 4.69) is 10.6 Å². The van der Waals surface area contributed by atoms with Crippen molar-refractivity contribution in [1.82, 2.24) is 10.3 Å². The molecule has 0 aliphatic carbocycles. The zero-order chi connectivity index (χ0) is 23.9. The van der Waals surface area contributed by atoms with Crippen LogP contribution in [-0.4, -0.2) is 30.7 Å². The zero-order valence-electron chi connectivity index (χ0n) is 19.0. The number of nitrogens with one attached hydrogen (secondary N) is 2. The molecule has 0 bridgehead atoms. The summed E-state index contributed by atoms with van der Waals surface area (Å²) in [7, 11) is 1.31. The number of aryl methyl sites for hydroxylation is 1. The van der Waals surface area contributed by atoms with Crippen LogP contribution in [0.2, 0.25) is 0 Å². The highest BCUT2D eigenvalue weighted by Gasteiger charge is 2.13. The molecule has 3 aromatic carbocycles. The summed E-state index contributed by atoms with van der Waals surface area (Å²) in [6.45, 7) is 2.19. The minimum Gasteiger partial charge on any atom is -0.481 e. The van der Waals surface area contributed by atoms with Gasteiger partial charge in [-0.3, -0.25) is 0 Å². The van der Waals surface area contributed by atoms with Gasteiger partial charge in [0.25, 0.3) is 0 Å². The lowest BCUT2D eigenvalue weighted by atomic mass is 10.1. The van der Waals surface area contributed by atoms with Crippen LogP contribution in [0.5, 0.6) is 5.75 Å². The van der Waals surface area contributed by atoms with Crippen molar-refractivity contribution < 1.29 is 19.1 Å². The highest BCUT2D eigenvalue weighted by molar-refractivity contribution is 5.95. The standard InChI is InChI=1S/C27H25N3O4/c1-18-8-10-20(11-9-18)24-15-25(34-17-26(31)33-2)22-14-21(12-13-23(22)30-24)29-27(32)28-16-19-6-4-3-5-7-19/h3-15H,16-17H2,1-2H3,(H2,28,29,32). The molecule has 7 heteroatoms. The SMILES string of the molecule is COC(=O)COc1cc(-c2ccc(C)cc2)nc2ccc(NC(=O)NCc3ccccc3)cc12. The molecule has 0 fully saturated rings. The molecule has 0 unspecified atom stereocenters. The molecule has 7 nitrogen and oxygen atoms in total. The molecule has 0 aliphatic rings. The van der Waals surface area contributed by atoms with Crippen molar-refractivity contribution >= 4 is 28.6 Å². The Morgan fingerprint density at radius 1 is 0.941 bits per heavy atom. The number of carbonyl (C=O) groups excluding carboxylic acids is 2. The van der Waals surface area contributed by atoms with Gasteiger partial charge in [0.15, 0.2) is 6.61 Å². The summed E-state index contributed by atoms with van der Waals surface area (Å²) in [6, 6.07) is 24.5. The zero-order valence-corrected chi connectivity index (χ0v) is 19.0. The third-order valence-electron chi connectivity index (χ3n) is 5.25. The predicted octanol–water partition coefficient (Wildman–Crippen LogP) is 5.08. The van der Waals surface area contributed by atoms with Crippen molar-refractivity contribution in [2.75, 3.05) is 19.0 Å². The third-order valence-corrected chi connectivity index (χ3v) is 5.25. The van der Waals surface area contributed by atoms with E-state index in [1.807, 2.05) is 67.6 Å². The quantitative estimate of drug-likeness (QED) is 0.379. The average Bonchev–Trinajstić information content (AvgIpc) is 2.87. The van der Waals surface area contributed by atoms with Crippen molar-refractivity contribution in [3.8, 4) is 17.0 Å². The second-order valence-electron chi connectivity index (χ2n) is 7.76. The lowest BCUT2D eigenvalue weighted by molar-refractivity contribution is -0.142. The average molecular weight is 456 g/mol. The van der Waals surface area contributed by atoms with E-state index in [4.69, 9.17) is 14.5 Å². The smallest absolute Gasteiger partial charge is 0.343 e. The van der Waals surface area contributed by atoms with Crippen molar-refractivity contribution in [2.45, 2.75) is 13.5 Å². The molecule has 0 saturated heterocycles. The Balaban J connectivity index is 1.60. The lowest BCUT2D eigenvalue weighted by Crippen LogP contribution is -2.28. The van der Waals surface area contributed by atoms with E-state index in [9.17, 15) is 9.59 Å². The van der Waals surface area contributed by atoms with Gasteiger partial charge in [-0.1, -0.05) is 60.2 Å². The second kappa shape index (κ2) is 10.5. The van der Waals surface area contributed by atoms with Gasteiger partial charge in [-0.25, -0.2) is 14.6 Å². The van der Waals surface area contributed by atoms with Crippen LogP contribution in [0.4, 0.5) is 10.5 Å². The molecule has 4 rings (SSSR count). The molecule has 1 aromatic heterocycles. The second-order valence-corrected chi connectivity index (χ2v) is 7.76. The summed E-state index contributed by atoms with van der Waals surface area (Å²) >= 11 is 0. The van der Waals surface area contributed by atoms with E-state index in [0.29, 0.717) is 34.6 Å². The summed E-state index contributed by atoms with van der Waals surface area (Å²) in [6.07, 6.45) is 0. The van der Waals surface area contributed by atoms with Crippen molar-refractivity contribution in [1.29, 1.82) is 0 Å². The monoisotopic (exact) mass is 455 g/mol. The Kier molecular flexibility index (Phi) is 7.03. The van der Waals surface area contributed by atoms with Crippen LogP contribution in [0.25, 0.3) is 22.2 Å². The molecule has 172 valence electrons. The molecule has 0 aliphatic heterocycles. The van der Waals surface area contributed by atoms with Gasteiger partial charge in [0.05, 0.1) is 18.3 Å². The fourth-order valence-corrected chi connectivity index (χ4v) is 3.41. The Labute approximate surface area is 197 Å². The number of ether oxygens (including phenoxy) is 2. The maximum atomic E-state index is 12.4. The molecule has 0 spiro atoms. The molecule has 34 heavy (non-hydrogen) atoms. The Bertz CT molecular complexity index is 1310. The number of pyridine rings is 1. The molecule has 0 radical (unpaired) electrons. The molecule has 0 saturated carbocycles. The van der Waals surface area contributed by atoms with Crippen LogP contribution < -0.4 is 15.4 Å². The van der Waals surface area contributed by atoms with E-state index in [0.717, 1.165) is 16.7 Å². The first kappa shape index (κ1) is 22.8. The van der Waals surface area contributed by atoms with E-state index >= 15 is 0 Å². The lowest BCUT2D eigenvalue weighted by Gasteiger charge is -2.13. The Morgan fingerprint density at radius 3 is 2.44 bits per heavy atom. The van der Waals surface area contributed by atoms with E-state index in [1.165, 1.54) is 7.11 Å². The highest BCUT2D eigenvalue weighted by Crippen LogP contribution is 2.32. The van der Waals surface area contributed by atoms with Gasteiger partial charge in [-0.2, -0.15) is 0 Å². The third kappa shape index (κ3) is 5.69. The van der Waals surface area contributed by atoms with Crippen LogP contribution >= 0.6 is 0 Å². The molecular formula is C27H25N3O4. The number of aromatic nitrogens is 1. The predicted molar refractivity (Wildman–Crippen MR) is 132 cm³/mol. The number of amides is 2. The van der Waals surface area contributed by atoms with E-state index in [1.54, 1.807) is 18.2 Å². The summed E-state index contributed by atoms with van der Waals surface area (Å²) in [5.41, 5.74) is 5.04. The number of benzene rings is 3. The van der Waals surface area contributed by atoms with Crippen molar-refractivity contribution in [3.63, 3.8) is 0 Å². The number of esters is 1. The van der Waals surface area contributed by atoms with Gasteiger partial charge >= 0.3 is 12.0 Å². The molecule has 2 N–H and O–H groups in total. The number of rotatable bonds is 7. The van der Waals surface area contributed by atoms with Gasteiger partial charge < -0.3 is 20.1 Å². The van der Waals surface area contributed by atoms with Gasteiger partial charge in [-0.05, 0) is 30.7 Å². The van der Waals surface area contributed by atoms with Gasteiger partial charge in [0.2, 0.25) is 0 Å². The Morgan fingerprint density at radius 2 is 1.71 bits per heavy atom. The first-order chi connectivity index (χ1) is 16.5. The van der Waals surface area contributed by atoms with Crippen LogP contribution in [0, 0.1) is 6.92 Å². The van der Waals surface area contributed by atoms with Crippen LogP contribution in [0.1, 0.15) is 11.1 Å². The number of hydrogen-bond acceptors (Lipinski definition) is 5.